The first-order valence-electron chi connectivity index (χ1n) is 5.86. The summed E-state index contributed by atoms with van der Waals surface area (Å²) in [6.07, 6.45) is 0.324. The zero-order valence-corrected chi connectivity index (χ0v) is 12.6. The van der Waals surface area contributed by atoms with Gasteiger partial charge in [0, 0.05) is 15.1 Å². The fourth-order valence-electron chi connectivity index (χ4n) is 1.96. The topological polar surface area (TPSA) is 38.0 Å². The molecule has 0 saturated heterocycles. The first kappa shape index (κ1) is 15.5. The van der Waals surface area contributed by atoms with Gasteiger partial charge in [-0.05, 0) is 47.9 Å². The normalized spacial score (nSPS) is 12.4. The van der Waals surface area contributed by atoms with Crippen LogP contribution in [0.15, 0.2) is 36.4 Å². The predicted octanol–water partition coefficient (Wildman–Crippen LogP) is 4.53. The summed E-state index contributed by atoms with van der Waals surface area (Å²) in [6, 6.07) is 9.16. The summed E-state index contributed by atoms with van der Waals surface area (Å²) in [5.41, 5.74) is 3.85. The molecule has 20 heavy (non-hydrogen) atoms. The summed E-state index contributed by atoms with van der Waals surface area (Å²) in [5, 5.41) is 1.48. The molecule has 0 fully saturated rings. The molecule has 2 nitrogen and oxygen atoms in total. The lowest BCUT2D eigenvalue weighted by Crippen LogP contribution is -2.30. The van der Waals surface area contributed by atoms with Gasteiger partial charge in [0.15, 0.2) is 0 Å². The summed E-state index contributed by atoms with van der Waals surface area (Å²) >= 11 is 17.9. The molecule has 0 aromatic heterocycles. The molecule has 0 spiro atoms. The van der Waals surface area contributed by atoms with E-state index in [4.69, 9.17) is 40.6 Å². The first-order valence-corrected chi connectivity index (χ1v) is 6.99. The lowest BCUT2D eigenvalue weighted by Gasteiger charge is -2.18. The summed E-state index contributed by atoms with van der Waals surface area (Å²) in [6.45, 7) is 0. The zero-order chi connectivity index (χ0) is 14.7. The van der Waals surface area contributed by atoms with Crippen LogP contribution in [0.1, 0.15) is 17.2 Å². The quantitative estimate of drug-likeness (QED) is 0.637. The number of hydrogen-bond acceptors (Lipinski definition) is 2. The van der Waals surface area contributed by atoms with Crippen molar-refractivity contribution in [1.82, 2.24) is 5.43 Å². The highest BCUT2D eigenvalue weighted by Gasteiger charge is 2.16. The molecule has 3 N–H and O–H groups in total. The maximum Gasteiger partial charge on any atom is 0.126 e. The van der Waals surface area contributed by atoms with Gasteiger partial charge in [0.25, 0.3) is 0 Å². The van der Waals surface area contributed by atoms with Crippen LogP contribution in [0.3, 0.4) is 0 Å². The van der Waals surface area contributed by atoms with Crippen LogP contribution in [0.25, 0.3) is 0 Å². The third-order valence-electron chi connectivity index (χ3n) is 2.97. The van der Waals surface area contributed by atoms with Crippen molar-refractivity contribution in [3.63, 3.8) is 0 Å². The number of rotatable bonds is 4. The highest BCUT2D eigenvalue weighted by atomic mass is 35.5. The molecule has 2 rings (SSSR count). The minimum atomic E-state index is -0.340. The summed E-state index contributed by atoms with van der Waals surface area (Å²) in [5.74, 6) is 5.22. The molecule has 0 amide bonds. The second-order valence-corrected chi connectivity index (χ2v) is 5.61. The molecule has 106 valence electrons. The van der Waals surface area contributed by atoms with E-state index in [1.54, 1.807) is 24.3 Å². The van der Waals surface area contributed by atoms with E-state index in [2.05, 4.69) is 5.43 Å². The molecular formula is C14H12Cl3FN2. The zero-order valence-electron chi connectivity index (χ0n) is 10.3. The Morgan fingerprint density at radius 2 is 1.70 bits per heavy atom. The average molecular weight is 334 g/mol. The van der Waals surface area contributed by atoms with Gasteiger partial charge < -0.3 is 0 Å². The van der Waals surface area contributed by atoms with Crippen LogP contribution >= 0.6 is 34.8 Å². The molecule has 0 aliphatic carbocycles. The fourth-order valence-corrected chi connectivity index (χ4v) is 2.70. The van der Waals surface area contributed by atoms with E-state index < -0.39 is 0 Å². The van der Waals surface area contributed by atoms with Crippen LogP contribution in [-0.2, 0) is 6.42 Å². The number of nitrogens with two attached hydrogens (primary N) is 1. The van der Waals surface area contributed by atoms with Gasteiger partial charge in [-0.25, -0.2) is 4.39 Å². The average Bonchev–Trinajstić information content (AvgIpc) is 2.40. The molecule has 0 heterocycles. The van der Waals surface area contributed by atoms with Gasteiger partial charge in [-0.15, -0.1) is 0 Å². The Bertz CT molecular complexity index is 619. The lowest BCUT2D eigenvalue weighted by molar-refractivity contribution is 0.529. The van der Waals surface area contributed by atoms with Crippen molar-refractivity contribution < 1.29 is 4.39 Å². The molecule has 0 aliphatic rings. The minimum Gasteiger partial charge on any atom is -0.271 e. The monoisotopic (exact) mass is 332 g/mol. The molecule has 2 aromatic carbocycles. The summed E-state index contributed by atoms with van der Waals surface area (Å²) < 4.78 is 13.8. The third-order valence-corrected chi connectivity index (χ3v) is 3.77. The molecule has 6 heteroatoms. The molecule has 0 saturated carbocycles. The lowest BCUT2D eigenvalue weighted by atomic mass is 9.99. The SMILES string of the molecule is NNC(Cc1cc(Cl)ccc1F)c1ccc(Cl)cc1Cl. The van der Waals surface area contributed by atoms with Crippen molar-refractivity contribution >= 4 is 34.8 Å². The van der Waals surface area contributed by atoms with Crippen molar-refractivity contribution in [1.29, 1.82) is 0 Å². The van der Waals surface area contributed by atoms with Gasteiger partial charge >= 0.3 is 0 Å². The van der Waals surface area contributed by atoms with E-state index in [-0.39, 0.29) is 11.9 Å². The van der Waals surface area contributed by atoms with Crippen LogP contribution in [0.5, 0.6) is 0 Å². The second-order valence-electron chi connectivity index (χ2n) is 4.32. The van der Waals surface area contributed by atoms with E-state index in [1.165, 1.54) is 12.1 Å². The van der Waals surface area contributed by atoms with Gasteiger partial charge in [-0.3, -0.25) is 11.3 Å². The van der Waals surface area contributed by atoms with E-state index >= 15 is 0 Å². The molecule has 1 unspecified atom stereocenters. The van der Waals surface area contributed by atoms with Crippen molar-refractivity contribution in [3.8, 4) is 0 Å². The molecule has 1 atom stereocenters. The van der Waals surface area contributed by atoms with Crippen molar-refractivity contribution in [2.24, 2.45) is 5.84 Å². The fraction of sp³-hybridized carbons (Fsp3) is 0.143. The van der Waals surface area contributed by atoms with Crippen molar-refractivity contribution in [2.45, 2.75) is 12.5 Å². The Morgan fingerprint density at radius 1 is 1.05 bits per heavy atom. The summed E-state index contributed by atoms with van der Waals surface area (Å²) in [7, 11) is 0. The molecular weight excluding hydrogens is 322 g/mol. The predicted molar refractivity (Wildman–Crippen MR) is 81.6 cm³/mol. The van der Waals surface area contributed by atoms with Gasteiger partial charge in [-0.2, -0.15) is 0 Å². The number of halogens is 4. The Balaban J connectivity index is 2.31. The maximum atomic E-state index is 13.8. The van der Waals surface area contributed by atoms with Gasteiger partial charge in [0.2, 0.25) is 0 Å². The maximum absolute atomic E-state index is 13.8. The third kappa shape index (κ3) is 3.62. The van der Waals surface area contributed by atoms with E-state index in [1.807, 2.05) is 0 Å². The van der Waals surface area contributed by atoms with Crippen molar-refractivity contribution in [3.05, 3.63) is 68.4 Å². The Hall–Kier alpha value is -0.840. The highest BCUT2D eigenvalue weighted by molar-refractivity contribution is 6.35. The van der Waals surface area contributed by atoms with Gasteiger partial charge in [0.1, 0.15) is 5.82 Å². The Kier molecular flexibility index (Phi) is 5.24. The Morgan fingerprint density at radius 3 is 2.35 bits per heavy atom. The van der Waals surface area contributed by atoms with E-state index in [9.17, 15) is 4.39 Å². The van der Waals surface area contributed by atoms with Gasteiger partial charge in [-0.1, -0.05) is 40.9 Å². The first-order chi connectivity index (χ1) is 9.51. The Labute approximate surface area is 131 Å². The minimum absolute atomic E-state index is 0.324. The highest BCUT2D eigenvalue weighted by Crippen LogP contribution is 2.29. The molecule has 0 radical (unpaired) electrons. The van der Waals surface area contributed by atoms with Crippen molar-refractivity contribution in [2.75, 3.05) is 0 Å². The number of hydrogen-bond donors (Lipinski definition) is 2. The van der Waals surface area contributed by atoms with Crippen LogP contribution in [0.2, 0.25) is 15.1 Å². The van der Waals surface area contributed by atoms with Crippen LogP contribution < -0.4 is 11.3 Å². The number of hydrazine groups is 1. The number of nitrogens with one attached hydrogen (secondary N) is 1. The smallest absolute Gasteiger partial charge is 0.126 e. The summed E-state index contributed by atoms with van der Waals surface area (Å²) in [4.78, 5) is 0. The van der Waals surface area contributed by atoms with E-state index in [0.717, 1.165) is 5.56 Å². The van der Waals surface area contributed by atoms with Crippen LogP contribution in [0.4, 0.5) is 4.39 Å². The molecule has 0 aliphatic heterocycles. The molecule has 0 bridgehead atoms. The standard InChI is InChI=1S/C14H12Cl3FN2/c15-9-2-4-13(18)8(5-9)6-14(20-19)11-3-1-10(16)7-12(11)17/h1-5,7,14,20H,6,19H2. The number of benzene rings is 2. The molecule has 2 aromatic rings. The van der Waals surface area contributed by atoms with Crippen LogP contribution in [0, 0.1) is 5.82 Å². The van der Waals surface area contributed by atoms with Gasteiger partial charge in [0.05, 0.1) is 6.04 Å². The van der Waals surface area contributed by atoms with E-state index in [0.29, 0.717) is 27.1 Å². The largest absolute Gasteiger partial charge is 0.271 e. The second kappa shape index (κ2) is 6.74. The van der Waals surface area contributed by atoms with Crippen LogP contribution in [-0.4, -0.2) is 0 Å².